The largest absolute Gasteiger partial charge is 0.393 e. The van der Waals surface area contributed by atoms with Gasteiger partial charge in [-0.1, -0.05) is 0 Å². The van der Waals surface area contributed by atoms with Gasteiger partial charge in [0.15, 0.2) is 5.78 Å². The van der Waals surface area contributed by atoms with Gasteiger partial charge >= 0.3 is 0 Å². The van der Waals surface area contributed by atoms with Crippen molar-refractivity contribution in [1.29, 1.82) is 0 Å². The maximum atomic E-state index is 12.0. The van der Waals surface area contributed by atoms with Gasteiger partial charge in [0, 0.05) is 29.4 Å². The third-order valence-corrected chi connectivity index (χ3v) is 3.23. The van der Waals surface area contributed by atoms with Crippen LogP contribution in [0.4, 0.5) is 22.7 Å². The molecule has 0 radical (unpaired) electrons. The van der Waals surface area contributed by atoms with E-state index in [4.69, 9.17) is 5.73 Å². The van der Waals surface area contributed by atoms with Gasteiger partial charge < -0.3 is 11.1 Å². The zero-order chi connectivity index (χ0) is 18.6. The third kappa shape index (κ3) is 4.34. The smallest absolute Gasteiger partial charge is 0.294 e. The van der Waals surface area contributed by atoms with Crippen LogP contribution in [0.1, 0.15) is 16.8 Å². The molecule has 0 aliphatic carbocycles. The lowest BCUT2D eigenvalue weighted by atomic mass is 10.1. The molecular weight excluding hydrogens is 332 g/mol. The van der Waals surface area contributed by atoms with Crippen LogP contribution < -0.4 is 11.1 Å². The van der Waals surface area contributed by atoms with Crippen LogP contribution in [0.2, 0.25) is 0 Å². The molecule has 0 saturated carbocycles. The summed E-state index contributed by atoms with van der Waals surface area (Å²) < 4.78 is 0. The Morgan fingerprint density at radius 3 is 2.20 bits per heavy atom. The molecule has 0 saturated heterocycles. The predicted molar refractivity (Wildman–Crippen MR) is 88.2 cm³/mol. The highest BCUT2D eigenvalue weighted by atomic mass is 16.6. The fourth-order valence-electron chi connectivity index (χ4n) is 2.00. The zero-order valence-electron chi connectivity index (χ0n) is 12.7. The molecule has 0 heterocycles. The van der Waals surface area contributed by atoms with Crippen molar-refractivity contribution in [3.63, 3.8) is 0 Å². The fourth-order valence-corrected chi connectivity index (χ4v) is 2.00. The van der Waals surface area contributed by atoms with Crippen molar-refractivity contribution in [1.82, 2.24) is 0 Å². The van der Waals surface area contributed by atoms with Crippen LogP contribution in [-0.2, 0) is 4.79 Å². The van der Waals surface area contributed by atoms with Crippen molar-refractivity contribution in [3.05, 3.63) is 68.3 Å². The summed E-state index contributed by atoms with van der Waals surface area (Å²) >= 11 is 0. The Labute approximate surface area is 140 Å². The van der Waals surface area contributed by atoms with Gasteiger partial charge in [0.05, 0.1) is 16.3 Å². The lowest BCUT2D eigenvalue weighted by molar-refractivity contribution is -0.384. The van der Waals surface area contributed by atoms with E-state index in [9.17, 15) is 29.8 Å². The van der Waals surface area contributed by atoms with Gasteiger partial charge in [-0.25, -0.2) is 0 Å². The van der Waals surface area contributed by atoms with Gasteiger partial charge in [0.25, 0.3) is 11.4 Å². The van der Waals surface area contributed by atoms with E-state index >= 15 is 0 Å². The van der Waals surface area contributed by atoms with E-state index < -0.39 is 28.0 Å². The first-order chi connectivity index (χ1) is 11.8. The Bertz CT molecular complexity index is 863. The highest BCUT2D eigenvalue weighted by molar-refractivity contribution is 6.11. The Morgan fingerprint density at radius 2 is 1.64 bits per heavy atom. The van der Waals surface area contributed by atoms with Crippen LogP contribution in [0.25, 0.3) is 0 Å². The number of nitrogens with zero attached hydrogens (tertiary/aromatic N) is 2. The number of non-ortho nitro benzene ring substituents is 1. The summed E-state index contributed by atoms with van der Waals surface area (Å²) in [6.45, 7) is 0. The van der Waals surface area contributed by atoms with Crippen molar-refractivity contribution in [2.45, 2.75) is 6.42 Å². The molecule has 0 aliphatic heterocycles. The van der Waals surface area contributed by atoms with E-state index in [1.807, 2.05) is 0 Å². The number of Topliss-reactive ketones (excluding diaryl/α,β-unsaturated/α-hetero) is 1. The number of nitrogen functional groups attached to an aromatic ring is 1. The van der Waals surface area contributed by atoms with Crippen LogP contribution >= 0.6 is 0 Å². The average Bonchev–Trinajstić information content (AvgIpc) is 2.56. The van der Waals surface area contributed by atoms with Gasteiger partial charge in [-0.3, -0.25) is 29.8 Å². The van der Waals surface area contributed by atoms with Gasteiger partial charge in [-0.2, -0.15) is 0 Å². The molecule has 0 aliphatic rings. The SMILES string of the molecule is Nc1ccc(NC(=O)CC(=O)c2ccc([N+](=O)[O-])cc2)cc1[N+](=O)[O-]. The Hall–Kier alpha value is -3.82. The van der Waals surface area contributed by atoms with Crippen LogP contribution in [0.5, 0.6) is 0 Å². The molecule has 25 heavy (non-hydrogen) atoms. The van der Waals surface area contributed by atoms with Gasteiger partial charge in [0.2, 0.25) is 5.91 Å². The Kier molecular flexibility index (Phi) is 5.03. The molecule has 2 aromatic carbocycles. The van der Waals surface area contributed by atoms with Crippen LogP contribution in [0.3, 0.4) is 0 Å². The molecule has 0 spiro atoms. The first kappa shape index (κ1) is 17.5. The van der Waals surface area contributed by atoms with E-state index in [1.54, 1.807) is 0 Å². The average molecular weight is 344 g/mol. The predicted octanol–water partition coefficient (Wildman–Crippen LogP) is 2.30. The van der Waals surface area contributed by atoms with Crippen molar-refractivity contribution in [2.24, 2.45) is 0 Å². The number of anilines is 2. The first-order valence-corrected chi connectivity index (χ1v) is 6.89. The van der Waals surface area contributed by atoms with Crippen molar-refractivity contribution >= 4 is 34.4 Å². The fraction of sp³-hybridized carbons (Fsp3) is 0.0667. The minimum Gasteiger partial charge on any atom is -0.393 e. The number of hydrogen-bond acceptors (Lipinski definition) is 7. The summed E-state index contributed by atoms with van der Waals surface area (Å²) in [5.74, 6) is -1.22. The second kappa shape index (κ2) is 7.17. The quantitative estimate of drug-likeness (QED) is 0.267. The number of benzene rings is 2. The van der Waals surface area contributed by atoms with Crippen molar-refractivity contribution in [3.8, 4) is 0 Å². The molecule has 2 rings (SSSR count). The molecular formula is C15H12N4O6. The van der Waals surface area contributed by atoms with E-state index in [2.05, 4.69) is 5.32 Å². The highest BCUT2D eigenvalue weighted by Gasteiger charge is 2.16. The van der Waals surface area contributed by atoms with E-state index in [0.717, 1.165) is 18.2 Å². The first-order valence-electron chi connectivity index (χ1n) is 6.89. The summed E-state index contributed by atoms with van der Waals surface area (Å²) in [5.41, 5.74) is 5.14. The van der Waals surface area contributed by atoms with E-state index in [1.165, 1.54) is 24.3 Å². The molecule has 128 valence electrons. The number of nitrogens with two attached hydrogens (primary N) is 1. The monoisotopic (exact) mass is 344 g/mol. The second-order valence-electron chi connectivity index (χ2n) is 4.98. The minimum atomic E-state index is -0.687. The maximum Gasteiger partial charge on any atom is 0.294 e. The molecule has 2 aromatic rings. The Balaban J connectivity index is 2.04. The zero-order valence-corrected chi connectivity index (χ0v) is 12.7. The summed E-state index contributed by atoms with van der Waals surface area (Å²) in [7, 11) is 0. The summed E-state index contributed by atoms with van der Waals surface area (Å²) in [6.07, 6.45) is -0.518. The molecule has 0 aromatic heterocycles. The molecule has 0 bridgehead atoms. The number of carbonyl (C=O) groups is 2. The van der Waals surface area contributed by atoms with E-state index in [-0.39, 0.29) is 28.3 Å². The molecule has 0 fully saturated rings. The summed E-state index contributed by atoms with van der Waals surface area (Å²) in [5, 5.41) is 23.7. The topological polar surface area (TPSA) is 158 Å². The number of nitro groups is 2. The molecule has 1 amide bonds. The van der Waals surface area contributed by atoms with Gasteiger partial charge in [-0.05, 0) is 24.3 Å². The number of amides is 1. The standard InChI is InChI=1S/C15H12N4O6/c16-12-6-3-10(7-13(12)19(24)25)17-15(21)8-14(20)9-1-4-11(5-2-9)18(22)23/h1-7H,8,16H2,(H,17,21). The normalized spacial score (nSPS) is 10.1. The number of carbonyl (C=O) groups excluding carboxylic acids is 2. The Morgan fingerprint density at radius 1 is 1.00 bits per heavy atom. The molecule has 10 nitrogen and oxygen atoms in total. The third-order valence-electron chi connectivity index (χ3n) is 3.23. The van der Waals surface area contributed by atoms with Crippen LogP contribution in [0.15, 0.2) is 42.5 Å². The lowest BCUT2D eigenvalue weighted by Gasteiger charge is -2.06. The molecule has 10 heteroatoms. The van der Waals surface area contributed by atoms with Crippen LogP contribution in [0, 0.1) is 20.2 Å². The maximum absolute atomic E-state index is 12.0. The summed E-state index contributed by atoms with van der Waals surface area (Å²) in [4.78, 5) is 44.0. The lowest BCUT2D eigenvalue weighted by Crippen LogP contribution is -2.16. The van der Waals surface area contributed by atoms with Crippen molar-refractivity contribution < 1.29 is 19.4 Å². The number of nitrogens with one attached hydrogen (secondary N) is 1. The number of hydrogen-bond donors (Lipinski definition) is 2. The second-order valence-corrected chi connectivity index (χ2v) is 4.98. The minimum absolute atomic E-state index is 0.0510. The molecule has 0 unspecified atom stereocenters. The number of nitro benzene ring substituents is 2. The van der Waals surface area contributed by atoms with Gasteiger partial charge in [-0.15, -0.1) is 0 Å². The highest BCUT2D eigenvalue weighted by Crippen LogP contribution is 2.25. The van der Waals surface area contributed by atoms with Gasteiger partial charge in [0.1, 0.15) is 5.69 Å². The van der Waals surface area contributed by atoms with Crippen LogP contribution in [-0.4, -0.2) is 21.5 Å². The summed E-state index contributed by atoms with van der Waals surface area (Å²) in [6, 6.07) is 8.55. The molecule has 3 N–H and O–H groups in total. The number of ketones is 1. The number of rotatable bonds is 6. The van der Waals surface area contributed by atoms with Crippen molar-refractivity contribution in [2.75, 3.05) is 11.1 Å². The van der Waals surface area contributed by atoms with E-state index in [0.29, 0.717) is 0 Å². The molecule has 0 atom stereocenters.